The molecule has 0 aromatic carbocycles. The fourth-order valence-corrected chi connectivity index (χ4v) is 2.83. The Kier molecular flexibility index (Phi) is 5.04. The van der Waals surface area contributed by atoms with Gasteiger partial charge in [0.05, 0.1) is 25.4 Å². The van der Waals surface area contributed by atoms with E-state index in [4.69, 9.17) is 4.74 Å². The molecule has 0 radical (unpaired) electrons. The van der Waals surface area contributed by atoms with Gasteiger partial charge in [0, 0.05) is 11.2 Å². The fourth-order valence-electron chi connectivity index (χ4n) is 2.83. The van der Waals surface area contributed by atoms with Gasteiger partial charge in [-0.25, -0.2) is 4.68 Å². The van der Waals surface area contributed by atoms with Crippen LogP contribution in [0.4, 0.5) is 19.0 Å². The van der Waals surface area contributed by atoms with Crippen molar-refractivity contribution < 1.29 is 27.6 Å². The van der Waals surface area contributed by atoms with Crippen LogP contribution in [0.1, 0.15) is 25.5 Å². The molecule has 27 heavy (non-hydrogen) atoms. The predicted molar refractivity (Wildman–Crippen MR) is 82.9 cm³/mol. The lowest BCUT2D eigenvalue weighted by atomic mass is 10.1. The summed E-state index contributed by atoms with van der Waals surface area (Å²) in [6.45, 7) is 2.14. The van der Waals surface area contributed by atoms with Gasteiger partial charge in [-0.1, -0.05) is 5.21 Å². The molecule has 1 atom stereocenters. The number of imidazole rings is 1. The highest BCUT2D eigenvalue weighted by molar-refractivity contribution is 5.23. The number of ether oxygens (including phenoxy) is 2. The van der Waals surface area contributed by atoms with Crippen LogP contribution in [0.3, 0.4) is 0 Å². The Balaban J connectivity index is 1.48. The summed E-state index contributed by atoms with van der Waals surface area (Å²) in [6.07, 6.45) is -0.367. The van der Waals surface area contributed by atoms with E-state index in [1.54, 1.807) is 15.4 Å². The topological polar surface area (TPSA) is 110 Å². The number of hydrogen-bond donors (Lipinski definition) is 0. The maximum atomic E-state index is 11.9. The van der Waals surface area contributed by atoms with Crippen LogP contribution in [-0.4, -0.2) is 48.0 Å². The van der Waals surface area contributed by atoms with E-state index in [1.165, 1.54) is 6.20 Å². The number of alkyl halides is 3. The molecule has 0 amide bonds. The molecule has 13 heteroatoms. The van der Waals surface area contributed by atoms with Gasteiger partial charge in [0.15, 0.2) is 0 Å². The van der Waals surface area contributed by atoms with Crippen molar-refractivity contribution in [1.82, 2.24) is 24.5 Å². The highest BCUT2D eigenvalue weighted by Gasteiger charge is 2.41. The Morgan fingerprint density at radius 1 is 1.41 bits per heavy atom. The van der Waals surface area contributed by atoms with E-state index in [0.717, 1.165) is 0 Å². The Morgan fingerprint density at radius 2 is 2.19 bits per heavy atom. The number of unbranched alkanes of at least 4 members (excludes halogenated alkanes) is 1. The van der Waals surface area contributed by atoms with E-state index in [1.807, 2.05) is 6.92 Å². The molecule has 0 N–H and O–H groups in total. The SMILES string of the molecule is C[C@]1(Cn2cc(CCCCOC(F)(F)F)nn2)Cn2cc([N+](=O)[O-])nc2O1. The number of nitrogens with zero attached hydrogens (tertiary/aromatic N) is 6. The molecule has 0 unspecified atom stereocenters. The van der Waals surface area contributed by atoms with E-state index in [0.29, 0.717) is 31.6 Å². The molecule has 10 nitrogen and oxygen atoms in total. The molecular weight excluding hydrogens is 373 g/mol. The highest BCUT2D eigenvalue weighted by atomic mass is 19.4. The van der Waals surface area contributed by atoms with Crippen molar-refractivity contribution in [3.63, 3.8) is 0 Å². The van der Waals surface area contributed by atoms with Crippen molar-refractivity contribution in [2.24, 2.45) is 0 Å². The van der Waals surface area contributed by atoms with Gasteiger partial charge >= 0.3 is 18.2 Å². The number of halogens is 3. The Labute approximate surface area is 151 Å². The first-order valence-corrected chi connectivity index (χ1v) is 8.14. The number of fused-ring (bicyclic) bond motifs is 1. The average Bonchev–Trinajstić information content (AvgIpc) is 3.19. The minimum atomic E-state index is -4.60. The third-order valence-corrected chi connectivity index (χ3v) is 3.93. The van der Waals surface area contributed by atoms with Gasteiger partial charge in [0.25, 0.3) is 0 Å². The summed E-state index contributed by atoms with van der Waals surface area (Å²) in [5.74, 6) is -0.274. The average molecular weight is 390 g/mol. The zero-order valence-corrected chi connectivity index (χ0v) is 14.3. The molecule has 0 fully saturated rings. The van der Waals surface area contributed by atoms with Crippen LogP contribution in [0.5, 0.6) is 6.01 Å². The van der Waals surface area contributed by atoms with Crippen molar-refractivity contribution in [2.75, 3.05) is 6.61 Å². The van der Waals surface area contributed by atoms with Crippen LogP contribution in [0, 0.1) is 10.1 Å². The standard InChI is InChI=1S/C14H17F3N6O4/c1-13(8-21-7-11(23(24)25)18-12(21)27-13)9-22-6-10(19-20-22)4-2-3-5-26-14(15,16)17/h6-7H,2-5,8-9H2,1H3/t13-/m1/s1. The molecule has 0 saturated carbocycles. The van der Waals surface area contributed by atoms with Crippen LogP contribution in [-0.2, 0) is 24.2 Å². The first kappa shape index (κ1) is 19.1. The molecule has 3 rings (SSSR count). The smallest absolute Gasteiger partial charge is 0.436 e. The lowest BCUT2D eigenvalue weighted by molar-refractivity contribution is -0.389. The minimum Gasteiger partial charge on any atom is -0.436 e. The van der Waals surface area contributed by atoms with E-state index in [9.17, 15) is 23.3 Å². The number of nitro groups is 1. The van der Waals surface area contributed by atoms with Gasteiger partial charge in [0.1, 0.15) is 11.8 Å². The van der Waals surface area contributed by atoms with Gasteiger partial charge in [-0.15, -0.1) is 18.3 Å². The Morgan fingerprint density at radius 3 is 2.85 bits per heavy atom. The van der Waals surface area contributed by atoms with E-state index in [2.05, 4.69) is 20.0 Å². The van der Waals surface area contributed by atoms with Crippen molar-refractivity contribution in [2.45, 2.75) is 51.2 Å². The molecule has 1 aliphatic heterocycles. The quantitative estimate of drug-likeness (QED) is 0.386. The van der Waals surface area contributed by atoms with Crippen LogP contribution in [0.2, 0.25) is 0 Å². The Hall–Kier alpha value is -2.70. The number of rotatable bonds is 8. The van der Waals surface area contributed by atoms with Gasteiger partial charge in [-0.2, -0.15) is 0 Å². The summed E-state index contributed by atoms with van der Waals surface area (Å²) in [5.41, 5.74) is -0.0415. The third-order valence-electron chi connectivity index (χ3n) is 3.93. The lowest BCUT2D eigenvalue weighted by Crippen LogP contribution is -2.36. The summed E-state index contributed by atoms with van der Waals surface area (Å²) in [4.78, 5) is 14.0. The summed E-state index contributed by atoms with van der Waals surface area (Å²) >= 11 is 0. The lowest BCUT2D eigenvalue weighted by Gasteiger charge is -2.21. The number of aromatic nitrogens is 5. The Bertz CT molecular complexity index is 795. The van der Waals surface area contributed by atoms with E-state index in [-0.39, 0.29) is 24.9 Å². The normalized spacial score (nSPS) is 19.1. The second-order valence-electron chi connectivity index (χ2n) is 6.48. The highest BCUT2D eigenvalue weighted by Crippen LogP contribution is 2.31. The maximum absolute atomic E-state index is 11.9. The molecule has 0 spiro atoms. The molecular formula is C14H17F3N6O4. The van der Waals surface area contributed by atoms with Crippen LogP contribution in [0.15, 0.2) is 12.4 Å². The minimum absolute atomic E-state index is 0.175. The molecule has 1 aliphatic rings. The van der Waals surface area contributed by atoms with Crippen molar-refractivity contribution in [3.8, 4) is 6.01 Å². The van der Waals surface area contributed by atoms with E-state index < -0.39 is 16.9 Å². The number of hydrogen-bond acceptors (Lipinski definition) is 7. The second-order valence-corrected chi connectivity index (χ2v) is 6.48. The molecule has 0 bridgehead atoms. The monoisotopic (exact) mass is 390 g/mol. The second kappa shape index (κ2) is 7.13. The van der Waals surface area contributed by atoms with Crippen LogP contribution >= 0.6 is 0 Å². The van der Waals surface area contributed by atoms with Crippen molar-refractivity contribution in [3.05, 3.63) is 28.2 Å². The maximum Gasteiger partial charge on any atom is 0.522 e. The largest absolute Gasteiger partial charge is 0.522 e. The summed E-state index contributed by atoms with van der Waals surface area (Å²) < 4.78 is 48.2. The van der Waals surface area contributed by atoms with Crippen molar-refractivity contribution in [1.29, 1.82) is 0 Å². The van der Waals surface area contributed by atoms with Gasteiger partial charge in [0.2, 0.25) is 0 Å². The summed E-state index contributed by atoms with van der Waals surface area (Å²) in [5, 5.41) is 18.7. The van der Waals surface area contributed by atoms with Gasteiger partial charge in [-0.05, 0) is 31.1 Å². The van der Waals surface area contributed by atoms with E-state index >= 15 is 0 Å². The molecule has 3 heterocycles. The predicted octanol–water partition coefficient (Wildman–Crippen LogP) is 2.09. The first-order valence-electron chi connectivity index (χ1n) is 8.14. The molecule has 0 aliphatic carbocycles. The molecule has 2 aromatic rings. The zero-order chi connectivity index (χ0) is 19.7. The molecule has 0 saturated heterocycles. The first-order chi connectivity index (χ1) is 12.6. The summed E-state index contributed by atoms with van der Waals surface area (Å²) in [6, 6.07) is 0.175. The van der Waals surface area contributed by atoms with Gasteiger partial charge < -0.3 is 14.9 Å². The van der Waals surface area contributed by atoms with Crippen LogP contribution in [0.25, 0.3) is 0 Å². The fraction of sp³-hybridized carbons (Fsp3) is 0.643. The number of aryl methyl sites for hydroxylation is 1. The molecule has 148 valence electrons. The third kappa shape index (κ3) is 4.93. The zero-order valence-electron chi connectivity index (χ0n) is 14.3. The van der Waals surface area contributed by atoms with Gasteiger partial charge in [-0.3, -0.25) is 9.30 Å². The van der Waals surface area contributed by atoms with Crippen molar-refractivity contribution >= 4 is 5.82 Å². The summed E-state index contributed by atoms with van der Waals surface area (Å²) in [7, 11) is 0. The van der Waals surface area contributed by atoms with Crippen LogP contribution < -0.4 is 4.74 Å². The molecule has 2 aromatic heterocycles.